The molecule has 0 unspecified atom stereocenters. The third-order valence-electron chi connectivity index (χ3n) is 4.88. The predicted molar refractivity (Wildman–Crippen MR) is 105 cm³/mol. The minimum Gasteiger partial charge on any atom is -0.120 e. The van der Waals surface area contributed by atoms with Gasteiger partial charge < -0.3 is 0 Å². The summed E-state index contributed by atoms with van der Waals surface area (Å²) in [4.78, 5) is 0. The quantitative estimate of drug-likeness (QED) is 0.353. The van der Waals surface area contributed by atoms with Crippen LogP contribution < -0.4 is 0 Å². The smallest absolute Gasteiger partial charge is 0.00860 e. The summed E-state index contributed by atoms with van der Waals surface area (Å²) >= 11 is 0. The second kappa shape index (κ2) is 7.54. The maximum absolute atomic E-state index is 5.31. The van der Waals surface area contributed by atoms with Crippen LogP contribution in [0.25, 0.3) is 16.7 Å². The van der Waals surface area contributed by atoms with Crippen LogP contribution in [0.2, 0.25) is 0 Å². The van der Waals surface area contributed by atoms with Crippen LogP contribution in [0.1, 0.15) is 62.6 Å². The van der Waals surface area contributed by atoms with Crippen LogP contribution in [0, 0.1) is 12.3 Å². The maximum atomic E-state index is 5.31. The Morgan fingerprint density at radius 2 is 1.54 bits per heavy atom. The van der Waals surface area contributed by atoms with E-state index < -0.39 is 0 Å². The molecule has 0 aliphatic heterocycles. The van der Waals surface area contributed by atoms with Gasteiger partial charge in [-0.2, -0.15) is 0 Å². The SMILES string of the molecule is C#CCCCCCCc1ccc2c(c1)C(=C(C)C)c1ccccc1-2. The minimum absolute atomic E-state index is 0.918. The van der Waals surface area contributed by atoms with Crippen molar-refractivity contribution >= 4 is 5.57 Å². The van der Waals surface area contributed by atoms with Crippen LogP contribution in [0.5, 0.6) is 0 Å². The molecule has 0 heteroatoms. The van der Waals surface area contributed by atoms with Gasteiger partial charge in [-0.25, -0.2) is 0 Å². The van der Waals surface area contributed by atoms with Crippen LogP contribution in [0.4, 0.5) is 0 Å². The number of rotatable bonds is 6. The van der Waals surface area contributed by atoms with Crippen LogP contribution in [0.15, 0.2) is 48.0 Å². The number of fused-ring (bicyclic) bond motifs is 3. The summed E-state index contributed by atoms with van der Waals surface area (Å²) in [7, 11) is 0. The number of unbranched alkanes of at least 4 members (excludes halogenated alkanes) is 4. The lowest BCUT2D eigenvalue weighted by Crippen LogP contribution is -1.90. The Balaban J connectivity index is 1.77. The molecule has 3 rings (SSSR count). The molecule has 24 heavy (non-hydrogen) atoms. The Labute approximate surface area is 146 Å². The Kier molecular flexibility index (Phi) is 5.21. The molecule has 0 saturated heterocycles. The summed E-state index contributed by atoms with van der Waals surface area (Å²) in [6, 6.07) is 15.8. The van der Waals surface area contributed by atoms with E-state index in [2.05, 4.69) is 62.2 Å². The van der Waals surface area contributed by atoms with Gasteiger partial charge in [-0.3, -0.25) is 0 Å². The highest BCUT2D eigenvalue weighted by Crippen LogP contribution is 2.45. The summed E-state index contributed by atoms with van der Waals surface area (Å²) in [5.41, 5.74) is 9.85. The van der Waals surface area contributed by atoms with Crippen molar-refractivity contribution in [3.8, 4) is 23.5 Å². The van der Waals surface area contributed by atoms with Gasteiger partial charge in [-0.05, 0) is 66.5 Å². The zero-order chi connectivity index (χ0) is 16.9. The Morgan fingerprint density at radius 3 is 2.29 bits per heavy atom. The van der Waals surface area contributed by atoms with Gasteiger partial charge in [-0.15, -0.1) is 12.3 Å². The van der Waals surface area contributed by atoms with Crippen LogP contribution in [-0.4, -0.2) is 0 Å². The first kappa shape index (κ1) is 16.6. The third kappa shape index (κ3) is 3.31. The first-order valence-electron chi connectivity index (χ1n) is 9.06. The Bertz CT molecular complexity index is 795. The van der Waals surface area contributed by atoms with E-state index in [9.17, 15) is 0 Å². The predicted octanol–water partition coefficient (Wildman–Crippen LogP) is 6.63. The average molecular weight is 314 g/mol. The van der Waals surface area contributed by atoms with E-state index in [0.29, 0.717) is 0 Å². The Morgan fingerprint density at radius 1 is 0.833 bits per heavy atom. The fraction of sp³-hybridized carbons (Fsp3) is 0.333. The van der Waals surface area contributed by atoms with E-state index in [0.717, 1.165) is 19.3 Å². The largest absolute Gasteiger partial charge is 0.120 e. The van der Waals surface area contributed by atoms with E-state index in [1.165, 1.54) is 58.2 Å². The second-order valence-electron chi connectivity index (χ2n) is 6.92. The highest BCUT2D eigenvalue weighted by molar-refractivity contribution is 6.02. The fourth-order valence-electron chi connectivity index (χ4n) is 3.72. The molecule has 122 valence electrons. The van der Waals surface area contributed by atoms with Crippen molar-refractivity contribution in [1.29, 1.82) is 0 Å². The topological polar surface area (TPSA) is 0 Å². The molecule has 0 saturated carbocycles. The summed E-state index contributed by atoms with van der Waals surface area (Å²) in [6.45, 7) is 4.44. The number of hydrogen-bond acceptors (Lipinski definition) is 0. The third-order valence-corrected chi connectivity index (χ3v) is 4.88. The van der Waals surface area contributed by atoms with Crippen molar-refractivity contribution in [3.63, 3.8) is 0 Å². The zero-order valence-corrected chi connectivity index (χ0v) is 14.9. The first-order chi connectivity index (χ1) is 11.7. The number of allylic oxidation sites excluding steroid dienone is 1. The Hall–Kier alpha value is -2.26. The van der Waals surface area contributed by atoms with Crippen LogP contribution in [-0.2, 0) is 6.42 Å². The van der Waals surface area contributed by atoms with E-state index in [1.807, 2.05) is 0 Å². The van der Waals surface area contributed by atoms with Crippen LogP contribution >= 0.6 is 0 Å². The van der Waals surface area contributed by atoms with E-state index in [4.69, 9.17) is 6.42 Å². The van der Waals surface area contributed by atoms with Crippen molar-refractivity contribution in [1.82, 2.24) is 0 Å². The molecule has 0 aromatic heterocycles. The van der Waals surface area contributed by atoms with Gasteiger partial charge in [0.25, 0.3) is 0 Å². The van der Waals surface area contributed by atoms with E-state index in [1.54, 1.807) is 0 Å². The number of aryl methyl sites for hydroxylation is 1. The lowest BCUT2D eigenvalue weighted by Gasteiger charge is -2.08. The lowest BCUT2D eigenvalue weighted by atomic mass is 9.96. The summed E-state index contributed by atoms with van der Waals surface area (Å²) in [5, 5.41) is 0. The first-order valence-corrected chi connectivity index (χ1v) is 9.06. The molecule has 0 nitrogen and oxygen atoms in total. The number of hydrogen-bond donors (Lipinski definition) is 0. The summed E-state index contributed by atoms with van der Waals surface area (Å²) < 4.78 is 0. The molecule has 0 heterocycles. The van der Waals surface area contributed by atoms with Crippen molar-refractivity contribution in [2.24, 2.45) is 0 Å². The van der Waals surface area contributed by atoms with Gasteiger partial charge in [0, 0.05) is 6.42 Å². The van der Waals surface area contributed by atoms with E-state index in [-0.39, 0.29) is 0 Å². The highest BCUT2D eigenvalue weighted by Gasteiger charge is 2.23. The summed E-state index contributed by atoms with van der Waals surface area (Å²) in [6.07, 6.45) is 12.3. The van der Waals surface area contributed by atoms with Gasteiger partial charge >= 0.3 is 0 Å². The van der Waals surface area contributed by atoms with Gasteiger partial charge in [-0.1, -0.05) is 60.9 Å². The molecule has 1 aliphatic carbocycles. The highest BCUT2D eigenvalue weighted by atomic mass is 14.3. The summed E-state index contributed by atoms with van der Waals surface area (Å²) in [5.74, 6) is 2.72. The molecule has 2 aromatic carbocycles. The monoisotopic (exact) mass is 314 g/mol. The molecular formula is C24H26. The molecule has 1 aliphatic rings. The van der Waals surface area contributed by atoms with Crippen molar-refractivity contribution in [2.75, 3.05) is 0 Å². The second-order valence-corrected chi connectivity index (χ2v) is 6.92. The van der Waals surface area contributed by atoms with Crippen LogP contribution in [0.3, 0.4) is 0 Å². The van der Waals surface area contributed by atoms with Crippen molar-refractivity contribution in [2.45, 2.75) is 52.4 Å². The minimum atomic E-state index is 0.918. The van der Waals surface area contributed by atoms with Gasteiger partial charge in [0.05, 0.1) is 0 Å². The van der Waals surface area contributed by atoms with Crippen molar-refractivity contribution < 1.29 is 0 Å². The lowest BCUT2D eigenvalue weighted by molar-refractivity contribution is 0.650. The maximum Gasteiger partial charge on any atom is 0.00860 e. The zero-order valence-electron chi connectivity index (χ0n) is 14.9. The van der Waals surface area contributed by atoms with Gasteiger partial charge in [0.1, 0.15) is 0 Å². The van der Waals surface area contributed by atoms with Crippen molar-refractivity contribution in [3.05, 3.63) is 64.7 Å². The molecule has 0 bridgehead atoms. The molecule has 0 atom stereocenters. The van der Waals surface area contributed by atoms with E-state index >= 15 is 0 Å². The molecular weight excluding hydrogens is 288 g/mol. The van der Waals surface area contributed by atoms with Gasteiger partial charge in [0.15, 0.2) is 0 Å². The molecule has 0 fully saturated rings. The molecule has 0 N–H and O–H groups in total. The number of benzene rings is 2. The molecule has 2 aromatic rings. The standard InChI is InChI=1S/C24H26/c1-4-5-6-7-8-9-12-19-15-16-21-20-13-10-11-14-22(20)24(18(2)3)23(21)17-19/h1,10-11,13-17H,5-9,12H2,2-3H3. The normalized spacial score (nSPS) is 11.8. The molecule has 0 amide bonds. The molecule has 0 spiro atoms. The fourth-order valence-corrected chi connectivity index (χ4v) is 3.72. The van der Waals surface area contributed by atoms with Gasteiger partial charge in [0.2, 0.25) is 0 Å². The average Bonchev–Trinajstić information content (AvgIpc) is 2.91. The number of terminal acetylenes is 1. The molecule has 0 radical (unpaired) electrons.